The molecule has 0 heterocycles. The summed E-state index contributed by atoms with van der Waals surface area (Å²) in [6.07, 6.45) is 1.84. The first-order chi connectivity index (χ1) is 17.5. The molecule has 0 bridgehead atoms. The minimum Gasteiger partial charge on any atom is -0.478 e. The van der Waals surface area contributed by atoms with Crippen molar-refractivity contribution in [2.24, 2.45) is 0 Å². The Labute approximate surface area is 222 Å². The average molecular weight is 520 g/mol. The molecular weight excluding hydrogens is 489 g/mol. The van der Waals surface area contributed by atoms with Crippen LogP contribution in [0.2, 0.25) is 0 Å². The molecule has 4 aromatic rings. The van der Waals surface area contributed by atoms with Gasteiger partial charge in [-0.2, -0.15) is 0 Å². The van der Waals surface area contributed by atoms with Gasteiger partial charge >= 0.3 is 5.97 Å². The van der Waals surface area contributed by atoms with E-state index in [-0.39, 0.29) is 24.0 Å². The lowest BCUT2D eigenvalue weighted by molar-refractivity contribution is -0.145. The highest BCUT2D eigenvalue weighted by atomic mass is 35.5. The number of benzene rings is 4. The highest BCUT2D eigenvalue weighted by Crippen LogP contribution is 2.37. The number of aliphatic carboxylic acids is 1. The zero-order valence-corrected chi connectivity index (χ0v) is 21.5. The fourth-order valence-corrected chi connectivity index (χ4v) is 5.40. The van der Waals surface area contributed by atoms with Crippen molar-refractivity contribution in [1.29, 1.82) is 0 Å². The van der Waals surface area contributed by atoms with Crippen LogP contribution in [0.5, 0.6) is 5.75 Å². The average Bonchev–Trinajstić information content (AvgIpc) is 3.36. The molecule has 0 aromatic heterocycles. The van der Waals surface area contributed by atoms with Gasteiger partial charge in [0, 0.05) is 17.6 Å². The molecule has 6 heteroatoms. The molecule has 0 saturated heterocycles. The Bertz CT molecular complexity index is 1350. The van der Waals surface area contributed by atoms with Gasteiger partial charge in [0.05, 0.1) is 0 Å². The third kappa shape index (κ3) is 5.95. The predicted octanol–water partition coefficient (Wildman–Crippen LogP) is 7.59. The predicted molar refractivity (Wildman–Crippen MR) is 147 cm³/mol. The first-order valence-corrected chi connectivity index (χ1v) is 12.5. The van der Waals surface area contributed by atoms with Gasteiger partial charge in [0.15, 0.2) is 0 Å². The van der Waals surface area contributed by atoms with Crippen molar-refractivity contribution in [2.75, 3.05) is 0 Å². The van der Waals surface area contributed by atoms with Crippen LogP contribution in [-0.4, -0.2) is 17.1 Å². The third-order valence-electron chi connectivity index (χ3n) is 7.23. The summed E-state index contributed by atoms with van der Waals surface area (Å²) in [5, 5.41) is 16.0. The maximum atomic E-state index is 14.1. The fraction of sp³-hybridized carbons (Fsp3) is 0.258. The molecule has 1 aliphatic rings. The largest absolute Gasteiger partial charge is 0.478 e. The quantitative estimate of drug-likeness (QED) is 0.252. The molecule has 0 spiro atoms. The second-order valence-corrected chi connectivity index (χ2v) is 9.59. The van der Waals surface area contributed by atoms with Gasteiger partial charge in [-0.3, -0.25) is 0 Å². The standard InChI is InChI=1S/C31H30FNO3.ClH/c1-20(26-11-6-8-22-7-2-3-9-27(22)26)33-24-16-13-23(19-24)21-14-17-25(18-15-21)36-30(31(34)35)28-10-4-5-12-29(28)32;/h2-12,14-15,17-18,20,23-24,30,33H,13,16,19H2,1H3,(H,34,35);1H/t20?,23-,24+,30?;/m1./s1. The van der Waals surface area contributed by atoms with E-state index >= 15 is 0 Å². The van der Waals surface area contributed by atoms with Crippen LogP contribution < -0.4 is 10.1 Å². The van der Waals surface area contributed by atoms with Crippen LogP contribution in [0.15, 0.2) is 91.0 Å². The van der Waals surface area contributed by atoms with Gasteiger partial charge in [0.1, 0.15) is 11.6 Å². The summed E-state index contributed by atoms with van der Waals surface area (Å²) in [5.41, 5.74) is 2.54. The molecule has 4 atom stereocenters. The highest BCUT2D eigenvalue weighted by molar-refractivity contribution is 5.86. The summed E-state index contributed by atoms with van der Waals surface area (Å²) in [7, 11) is 0. The van der Waals surface area contributed by atoms with Gasteiger partial charge in [-0.05, 0) is 72.2 Å². The van der Waals surface area contributed by atoms with Crippen LogP contribution in [0.4, 0.5) is 4.39 Å². The van der Waals surface area contributed by atoms with E-state index in [1.807, 2.05) is 12.1 Å². The maximum absolute atomic E-state index is 14.1. The molecule has 4 nitrogen and oxygen atoms in total. The van der Waals surface area contributed by atoms with Gasteiger partial charge in [-0.1, -0.05) is 72.8 Å². The van der Waals surface area contributed by atoms with Crippen LogP contribution in [0.25, 0.3) is 10.8 Å². The molecule has 0 radical (unpaired) electrons. The molecule has 0 aliphatic heterocycles. The number of ether oxygens (including phenoxy) is 1. The minimum atomic E-state index is -1.40. The van der Waals surface area contributed by atoms with Crippen LogP contribution in [-0.2, 0) is 4.79 Å². The van der Waals surface area contributed by atoms with Crippen molar-refractivity contribution in [1.82, 2.24) is 5.32 Å². The normalized spacial score (nSPS) is 18.6. The Morgan fingerprint density at radius 1 is 0.919 bits per heavy atom. The number of halogens is 2. The zero-order chi connectivity index (χ0) is 25.1. The first kappa shape index (κ1) is 26.6. The summed E-state index contributed by atoms with van der Waals surface area (Å²) in [6.45, 7) is 2.23. The second kappa shape index (κ2) is 11.8. The van der Waals surface area contributed by atoms with Crippen molar-refractivity contribution in [3.63, 3.8) is 0 Å². The Morgan fingerprint density at radius 2 is 1.59 bits per heavy atom. The smallest absolute Gasteiger partial charge is 0.349 e. The number of hydrogen-bond acceptors (Lipinski definition) is 3. The molecule has 192 valence electrons. The number of carbonyl (C=O) groups is 1. The van der Waals surface area contributed by atoms with E-state index < -0.39 is 17.9 Å². The molecule has 0 amide bonds. The number of rotatable bonds is 8. The topological polar surface area (TPSA) is 58.6 Å². The molecular formula is C31H31ClFNO3. The van der Waals surface area contributed by atoms with Crippen molar-refractivity contribution >= 4 is 29.1 Å². The SMILES string of the molecule is CC(N[C@H]1CC[C@@H](c2ccc(OC(C(=O)O)c3ccccc3F)cc2)C1)c1cccc2ccccc12.Cl. The number of carboxylic acid groups (broad SMARTS) is 1. The molecule has 1 fully saturated rings. The Hall–Kier alpha value is -3.41. The van der Waals surface area contributed by atoms with Crippen molar-refractivity contribution < 1.29 is 19.0 Å². The second-order valence-electron chi connectivity index (χ2n) is 9.59. The highest BCUT2D eigenvalue weighted by Gasteiger charge is 2.28. The van der Waals surface area contributed by atoms with Gasteiger partial charge in [-0.15, -0.1) is 12.4 Å². The van der Waals surface area contributed by atoms with E-state index in [0.29, 0.717) is 17.7 Å². The van der Waals surface area contributed by atoms with Gasteiger partial charge in [0.2, 0.25) is 6.10 Å². The van der Waals surface area contributed by atoms with Crippen LogP contribution >= 0.6 is 12.4 Å². The van der Waals surface area contributed by atoms with Crippen molar-refractivity contribution in [2.45, 2.75) is 50.3 Å². The summed E-state index contributed by atoms with van der Waals surface area (Å²) < 4.78 is 19.8. The van der Waals surface area contributed by atoms with E-state index in [2.05, 4.69) is 54.7 Å². The van der Waals surface area contributed by atoms with Gasteiger partial charge < -0.3 is 15.2 Å². The minimum absolute atomic E-state index is 0. The number of nitrogens with one attached hydrogen (secondary N) is 1. The van der Waals surface area contributed by atoms with Crippen molar-refractivity contribution in [3.05, 3.63) is 114 Å². The van der Waals surface area contributed by atoms with E-state index in [4.69, 9.17) is 4.74 Å². The molecule has 5 rings (SSSR count). The molecule has 4 aromatic carbocycles. The number of hydrogen-bond donors (Lipinski definition) is 2. The molecule has 2 unspecified atom stereocenters. The third-order valence-corrected chi connectivity index (χ3v) is 7.23. The van der Waals surface area contributed by atoms with E-state index in [1.165, 1.54) is 40.1 Å². The van der Waals surface area contributed by atoms with E-state index in [0.717, 1.165) is 19.3 Å². The number of carboxylic acids is 1. The lowest BCUT2D eigenvalue weighted by atomic mass is 9.96. The van der Waals surface area contributed by atoms with E-state index in [9.17, 15) is 14.3 Å². The van der Waals surface area contributed by atoms with Crippen LogP contribution in [0.3, 0.4) is 0 Å². The Balaban J connectivity index is 0.00000320. The summed E-state index contributed by atoms with van der Waals surface area (Å²) in [5.74, 6) is -0.984. The monoisotopic (exact) mass is 519 g/mol. The first-order valence-electron chi connectivity index (χ1n) is 12.5. The Morgan fingerprint density at radius 3 is 2.35 bits per heavy atom. The summed E-state index contributed by atoms with van der Waals surface area (Å²) in [4.78, 5) is 11.7. The maximum Gasteiger partial charge on any atom is 0.349 e. The molecule has 2 N–H and O–H groups in total. The molecule has 1 saturated carbocycles. The lowest BCUT2D eigenvalue weighted by Crippen LogP contribution is -2.29. The number of fused-ring (bicyclic) bond motifs is 1. The zero-order valence-electron chi connectivity index (χ0n) is 20.6. The molecule has 1 aliphatic carbocycles. The van der Waals surface area contributed by atoms with Crippen molar-refractivity contribution in [3.8, 4) is 5.75 Å². The van der Waals surface area contributed by atoms with Gasteiger partial charge in [-0.25, -0.2) is 9.18 Å². The van der Waals surface area contributed by atoms with Crippen LogP contribution in [0, 0.1) is 5.82 Å². The lowest BCUT2D eigenvalue weighted by Gasteiger charge is -2.22. The van der Waals surface area contributed by atoms with E-state index in [1.54, 1.807) is 18.2 Å². The molecule has 37 heavy (non-hydrogen) atoms. The fourth-order valence-electron chi connectivity index (χ4n) is 5.40. The summed E-state index contributed by atoms with van der Waals surface area (Å²) in [6, 6.07) is 29.0. The Kier molecular flexibility index (Phi) is 8.47. The summed E-state index contributed by atoms with van der Waals surface area (Å²) >= 11 is 0. The van der Waals surface area contributed by atoms with Crippen LogP contribution in [0.1, 0.15) is 60.9 Å². The van der Waals surface area contributed by atoms with Gasteiger partial charge in [0.25, 0.3) is 0 Å².